The maximum absolute atomic E-state index is 13.5. The van der Waals surface area contributed by atoms with Crippen LogP contribution >= 0.6 is 23.2 Å². The van der Waals surface area contributed by atoms with Gasteiger partial charge in [0.15, 0.2) is 0 Å². The molecule has 3 aliphatic rings. The van der Waals surface area contributed by atoms with Crippen molar-refractivity contribution >= 4 is 40.9 Å². The van der Waals surface area contributed by atoms with E-state index in [1.165, 1.54) is 0 Å². The van der Waals surface area contributed by atoms with Crippen LogP contribution in [0.2, 0.25) is 10.0 Å². The number of nitrogens with zero attached hydrogens (tertiary/aromatic N) is 5. The number of hydrogen-bond donors (Lipinski definition) is 1. The van der Waals surface area contributed by atoms with E-state index < -0.39 is 0 Å². The second kappa shape index (κ2) is 13.6. The molecule has 39 heavy (non-hydrogen) atoms. The highest BCUT2D eigenvalue weighted by atomic mass is 35.5. The third-order valence-electron chi connectivity index (χ3n) is 8.55. The monoisotopic (exact) mass is 580 g/mol. The van der Waals surface area contributed by atoms with Gasteiger partial charge < -0.3 is 14.7 Å². The first-order valence-corrected chi connectivity index (χ1v) is 14.9. The van der Waals surface area contributed by atoms with Gasteiger partial charge >= 0.3 is 0 Å². The molecule has 1 aromatic carbocycles. The molecule has 0 spiro atoms. The maximum Gasteiger partial charge on any atom is 0.242 e. The zero-order valence-corrected chi connectivity index (χ0v) is 24.9. The van der Waals surface area contributed by atoms with E-state index in [4.69, 9.17) is 23.2 Å². The molecule has 1 aliphatic carbocycles. The number of carbonyl (C=O) groups excluding carboxylic acids is 3. The third-order valence-corrected chi connectivity index (χ3v) is 9.29. The van der Waals surface area contributed by atoms with E-state index >= 15 is 0 Å². The smallest absolute Gasteiger partial charge is 0.242 e. The Morgan fingerprint density at radius 3 is 2.38 bits per heavy atom. The third kappa shape index (κ3) is 7.44. The first-order chi connectivity index (χ1) is 18.7. The fourth-order valence-corrected chi connectivity index (χ4v) is 6.43. The fraction of sp³-hybridized carbons (Fsp3) is 0.679. The number of fused-ring (bicyclic) bond motifs is 1. The molecular weight excluding hydrogens is 539 g/mol. The molecule has 0 radical (unpaired) electrons. The van der Waals surface area contributed by atoms with Crippen LogP contribution in [0.15, 0.2) is 18.2 Å². The summed E-state index contributed by atoms with van der Waals surface area (Å²) >= 11 is 12.1. The van der Waals surface area contributed by atoms with Gasteiger partial charge in [-0.2, -0.15) is 0 Å². The average Bonchev–Trinajstić information content (AvgIpc) is 2.93. The van der Waals surface area contributed by atoms with Crippen LogP contribution in [0.3, 0.4) is 0 Å². The summed E-state index contributed by atoms with van der Waals surface area (Å²) in [7, 11) is 1.74. The van der Waals surface area contributed by atoms with Gasteiger partial charge in [0.25, 0.3) is 0 Å². The number of nitrogens with one attached hydrogen (secondary N) is 1. The van der Waals surface area contributed by atoms with Crippen molar-refractivity contribution in [2.45, 2.75) is 51.7 Å². The Labute approximate surface area is 242 Å². The van der Waals surface area contributed by atoms with Crippen LogP contribution in [0.4, 0.5) is 0 Å². The number of hydrogen-bond acceptors (Lipinski definition) is 6. The van der Waals surface area contributed by atoms with Crippen molar-refractivity contribution in [1.29, 1.82) is 0 Å². The van der Waals surface area contributed by atoms with Gasteiger partial charge in [-0.15, -0.1) is 0 Å². The summed E-state index contributed by atoms with van der Waals surface area (Å²) in [6, 6.07) is 5.85. The summed E-state index contributed by atoms with van der Waals surface area (Å²) < 4.78 is 0. The van der Waals surface area contributed by atoms with Crippen molar-refractivity contribution in [3.63, 3.8) is 0 Å². The SMILES string of the molecule is CCN(CC)C(=O)CN1CCN(C2CCC3NCN(CC(=O)N(C)Cc4ccc(Cl)c(Cl)c4)C(=O)C3C2)CC1. The van der Waals surface area contributed by atoms with Crippen molar-refractivity contribution in [2.24, 2.45) is 5.92 Å². The summed E-state index contributed by atoms with van der Waals surface area (Å²) in [6.07, 6.45) is 2.82. The minimum absolute atomic E-state index is 0.0524. The molecule has 9 nitrogen and oxygen atoms in total. The Morgan fingerprint density at radius 1 is 1.00 bits per heavy atom. The number of likely N-dealkylation sites (N-methyl/N-ethyl adjacent to an activating group) is 2. The maximum atomic E-state index is 13.5. The Morgan fingerprint density at radius 2 is 1.72 bits per heavy atom. The van der Waals surface area contributed by atoms with E-state index in [9.17, 15) is 14.4 Å². The molecule has 3 atom stereocenters. The van der Waals surface area contributed by atoms with Crippen molar-refractivity contribution in [1.82, 2.24) is 29.8 Å². The predicted molar refractivity (Wildman–Crippen MR) is 154 cm³/mol. The Kier molecular flexibility index (Phi) is 10.5. The number of benzene rings is 1. The van der Waals surface area contributed by atoms with E-state index in [0.29, 0.717) is 35.8 Å². The summed E-state index contributed by atoms with van der Waals surface area (Å²) in [5.74, 6) is 0.0404. The van der Waals surface area contributed by atoms with Crippen molar-refractivity contribution in [2.75, 3.05) is 66.1 Å². The summed E-state index contributed by atoms with van der Waals surface area (Å²) in [6.45, 7) is 10.4. The normalized spacial score (nSPS) is 24.4. The molecule has 1 saturated carbocycles. The highest BCUT2D eigenvalue weighted by Crippen LogP contribution is 2.32. The molecule has 3 amide bonds. The molecule has 4 rings (SSSR count). The predicted octanol–water partition coefficient (Wildman–Crippen LogP) is 2.36. The zero-order valence-electron chi connectivity index (χ0n) is 23.4. The minimum atomic E-state index is -0.118. The first kappa shape index (κ1) is 30.1. The van der Waals surface area contributed by atoms with Gasteiger partial charge in [-0.3, -0.25) is 29.5 Å². The standard InChI is InChI=1S/C28H42Cl2N6O3/c1-4-34(5-2)27(38)17-33-10-12-35(13-11-33)21-7-9-25-22(15-21)28(39)36(19-31-25)18-26(37)32(3)16-20-6-8-23(29)24(30)14-20/h6,8,14,21-22,25,31H,4-5,7,9-13,15-19H2,1-3H3. The molecule has 0 bridgehead atoms. The van der Waals surface area contributed by atoms with Crippen molar-refractivity contribution in [3.8, 4) is 0 Å². The molecule has 0 aromatic heterocycles. The molecule has 216 valence electrons. The fourth-order valence-electron chi connectivity index (χ4n) is 6.11. The number of carbonyl (C=O) groups is 3. The van der Waals surface area contributed by atoms with Gasteiger partial charge in [0.2, 0.25) is 17.7 Å². The molecule has 1 aromatic rings. The van der Waals surface area contributed by atoms with Crippen LogP contribution in [0.5, 0.6) is 0 Å². The number of halogens is 2. The van der Waals surface area contributed by atoms with Gasteiger partial charge in [-0.1, -0.05) is 29.3 Å². The van der Waals surface area contributed by atoms with Gasteiger partial charge in [-0.25, -0.2) is 0 Å². The minimum Gasteiger partial charge on any atom is -0.342 e. The topological polar surface area (TPSA) is 79.4 Å². The molecule has 3 fully saturated rings. The molecule has 2 aliphatic heterocycles. The second-order valence-corrected chi connectivity index (χ2v) is 11.8. The average molecular weight is 582 g/mol. The second-order valence-electron chi connectivity index (χ2n) is 11.0. The number of amides is 3. The van der Waals surface area contributed by atoms with E-state index in [-0.39, 0.29) is 36.2 Å². The van der Waals surface area contributed by atoms with E-state index in [0.717, 1.165) is 64.1 Å². The summed E-state index contributed by atoms with van der Waals surface area (Å²) in [5, 5.41) is 4.45. The van der Waals surface area contributed by atoms with Crippen LogP contribution in [0.25, 0.3) is 0 Å². The quantitative estimate of drug-likeness (QED) is 0.483. The highest BCUT2D eigenvalue weighted by molar-refractivity contribution is 6.42. The van der Waals surface area contributed by atoms with Crippen LogP contribution in [0, 0.1) is 5.92 Å². The van der Waals surface area contributed by atoms with Gasteiger partial charge in [0, 0.05) is 64.9 Å². The van der Waals surface area contributed by atoms with E-state index in [1.54, 1.807) is 29.0 Å². The lowest BCUT2D eigenvalue weighted by molar-refractivity contribution is -0.148. The van der Waals surface area contributed by atoms with E-state index in [1.807, 2.05) is 24.8 Å². The van der Waals surface area contributed by atoms with Gasteiger partial charge in [-0.05, 0) is 50.8 Å². The lowest BCUT2D eigenvalue weighted by atomic mass is 9.79. The Hall–Kier alpha value is -1.91. The Bertz CT molecular complexity index is 1030. The molecule has 11 heteroatoms. The van der Waals surface area contributed by atoms with Gasteiger partial charge in [0.1, 0.15) is 6.54 Å². The van der Waals surface area contributed by atoms with Gasteiger partial charge in [0.05, 0.1) is 29.2 Å². The number of piperazine rings is 1. The van der Waals surface area contributed by atoms with Crippen LogP contribution in [-0.2, 0) is 20.9 Å². The molecule has 2 saturated heterocycles. The largest absolute Gasteiger partial charge is 0.342 e. The van der Waals surface area contributed by atoms with E-state index in [2.05, 4.69) is 15.1 Å². The lowest BCUT2D eigenvalue weighted by Crippen LogP contribution is -2.62. The first-order valence-electron chi connectivity index (χ1n) is 14.1. The lowest BCUT2D eigenvalue weighted by Gasteiger charge is -2.47. The van der Waals surface area contributed by atoms with Crippen LogP contribution in [0.1, 0.15) is 38.7 Å². The molecular formula is C28H42Cl2N6O3. The molecule has 1 N–H and O–H groups in total. The van der Waals surface area contributed by atoms with Crippen LogP contribution in [-0.4, -0.2) is 120 Å². The molecule has 2 heterocycles. The zero-order chi connectivity index (χ0) is 28.1. The number of rotatable bonds is 9. The van der Waals surface area contributed by atoms with Crippen LogP contribution < -0.4 is 5.32 Å². The highest BCUT2D eigenvalue weighted by Gasteiger charge is 2.43. The summed E-state index contributed by atoms with van der Waals surface area (Å²) in [4.78, 5) is 48.9. The van der Waals surface area contributed by atoms with Crippen molar-refractivity contribution in [3.05, 3.63) is 33.8 Å². The van der Waals surface area contributed by atoms with Crippen molar-refractivity contribution < 1.29 is 14.4 Å². The molecule has 3 unspecified atom stereocenters. The summed E-state index contributed by atoms with van der Waals surface area (Å²) in [5.41, 5.74) is 0.885. The Balaban J connectivity index is 1.27.